The predicted molar refractivity (Wildman–Crippen MR) is 118 cm³/mol. The molecule has 4 rings (SSSR count). The molecule has 1 N–H and O–H groups in total. The van der Waals surface area contributed by atoms with E-state index in [9.17, 15) is 0 Å². The molecule has 2 heterocycles. The number of piperazine rings is 1. The molecule has 4 heteroatoms. The van der Waals surface area contributed by atoms with Gasteiger partial charge in [-0.1, -0.05) is 48.9 Å². The molecule has 0 amide bonds. The average molecular weight is 393 g/mol. The van der Waals surface area contributed by atoms with Crippen molar-refractivity contribution < 1.29 is 4.74 Å². The molecule has 2 aliphatic rings. The van der Waals surface area contributed by atoms with Crippen molar-refractivity contribution in [3.63, 3.8) is 0 Å². The van der Waals surface area contributed by atoms with Crippen LogP contribution in [0.5, 0.6) is 5.75 Å². The zero-order valence-electron chi connectivity index (χ0n) is 17.5. The molecule has 0 aliphatic carbocycles. The van der Waals surface area contributed by atoms with Gasteiger partial charge in [0.05, 0.1) is 0 Å². The van der Waals surface area contributed by atoms with Gasteiger partial charge in [0, 0.05) is 44.3 Å². The number of rotatable bonds is 8. The molecule has 2 fully saturated rings. The Hall–Kier alpha value is -1.88. The van der Waals surface area contributed by atoms with Gasteiger partial charge in [0.15, 0.2) is 0 Å². The van der Waals surface area contributed by atoms with Gasteiger partial charge in [0.2, 0.25) is 0 Å². The van der Waals surface area contributed by atoms with Gasteiger partial charge in [-0.2, -0.15) is 0 Å². The number of benzene rings is 2. The van der Waals surface area contributed by atoms with E-state index in [2.05, 4.69) is 57.6 Å². The molecule has 0 spiro atoms. The van der Waals surface area contributed by atoms with Gasteiger partial charge in [0.1, 0.15) is 12.4 Å². The van der Waals surface area contributed by atoms with Crippen LogP contribution in [0.3, 0.4) is 0 Å². The van der Waals surface area contributed by atoms with Crippen LogP contribution in [0.1, 0.15) is 36.4 Å². The standard InChI is InChI=1S/C25H34N3O/c1-3-9-22(10-4-1)24(28-17-13-26-14-18-28)21-23-11-5-6-12-25(23)29-20-19-27-15-7-2-8-16-27/h1,3-6,9-10,12,24,26H,2,7-8,13-21H2. The van der Waals surface area contributed by atoms with Crippen molar-refractivity contribution in [1.82, 2.24) is 15.1 Å². The first-order chi connectivity index (χ1) is 14.4. The molecular weight excluding hydrogens is 358 g/mol. The Morgan fingerprint density at radius 2 is 1.72 bits per heavy atom. The lowest BCUT2D eigenvalue weighted by atomic mass is 9.96. The van der Waals surface area contributed by atoms with Crippen molar-refractivity contribution in [3.05, 3.63) is 65.7 Å². The van der Waals surface area contributed by atoms with Gasteiger partial charge in [0.25, 0.3) is 0 Å². The number of nitrogens with zero attached hydrogens (tertiary/aromatic N) is 2. The maximum atomic E-state index is 6.26. The van der Waals surface area contributed by atoms with Crippen molar-refractivity contribution in [2.24, 2.45) is 0 Å². The quantitative estimate of drug-likeness (QED) is 0.744. The predicted octanol–water partition coefficient (Wildman–Crippen LogP) is 3.54. The summed E-state index contributed by atoms with van der Waals surface area (Å²) in [6.45, 7) is 8.49. The number of hydrogen-bond acceptors (Lipinski definition) is 4. The van der Waals surface area contributed by atoms with Crippen LogP contribution in [-0.2, 0) is 6.42 Å². The fourth-order valence-corrected chi connectivity index (χ4v) is 4.54. The van der Waals surface area contributed by atoms with Crippen LogP contribution < -0.4 is 10.1 Å². The van der Waals surface area contributed by atoms with Crippen molar-refractivity contribution in [2.75, 3.05) is 52.4 Å². The van der Waals surface area contributed by atoms with Crippen molar-refractivity contribution in [2.45, 2.75) is 31.7 Å². The molecule has 2 aromatic carbocycles. The van der Waals surface area contributed by atoms with Crippen LogP contribution in [0.15, 0.2) is 48.5 Å². The Kier molecular flexibility index (Phi) is 7.57. The van der Waals surface area contributed by atoms with E-state index < -0.39 is 0 Å². The Morgan fingerprint density at radius 3 is 2.52 bits per heavy atom. The first-order valence-corrected chi connectivity index (χ1v) is 11.2. The van der Waals surface area contributed by atoms with Gasteiger partial charge < -0.3 is 10.1 Å². The molecule has 0 bridgehead atoms. The minimum atomic E-state index is 0.362. The Morgan fingerprint density at radius 1 is 0.931 bits per heavy atom. The summed E-state index contributed by atoms with van der Waals surface area (Å²) >= 11 is 0. The van der Waals surface area contributed by atoms with E-state index >= 15 is 0 Å². The Bertz CT molecular complexity index is 724. The second-order valence-electron chi connectivity index (χ2n) is 8.18. The summed E-state index contributed by atoms with van der Waals surface area (Å²) in [6.07, 6.45) is 4.97. The van der Waals surface area contributed by atoms with Gasteiger partial charge in [-0.15, -0.1) is 0 Å². The lowest BCUT2D eigenvalue weighted by Crippen LogP contribution is -2.45. The number of likely N-dealkylation sites (tertiary alicyclic amines) is 1. The number of piperidine rings is 1. The number of hydrogen-bond donors (Lipinski definition) is 1. The van der Waals surface area contributed by atoms with Crippen molar-refractivity contribution in [3.8, 4) is 5.75 Å². The van der Waals surface area contributed by atoms with E-state index in [0.29, 0.717) is 6.04 Å². The molecule has 1 radical (unpaired) electrons. The molecular formula is C25H34N3O. The second-order valence-corrected chi connectivity index (χ2v) is 8.18. The minimum absolute atomic E-state index is 0.362. The molecule has 4 nitrogen and oxygen atoms in total. The number of nitrogens with one attached hydrogen (secondary N) is 1. The molecule has 1 unspecified atom stereocenters. The van der Waals surface area contributed by atoms with Gasteiger partial charge >= 0.3 is 0 Å². The van der Waals surface area contributed by atoms with E-state index in [0.717, 1.165) is 51.5 Å². The molecule has 2 saturated heterocycles. The zero-order chi connectivity index (χ0) is 19.7. The topological polar surface area (TPSA) is 27.7 Å². The third kappa shape index (κ3) is 5.81. The second kappa shape index (κ2) is 10.8. The van der Waals surface area contributed by atoms with Crippen molar-refractivity contribution >= 4 is 0 Å². The first kappa shape index (κ1) is 20.4. The van der Waals surface area contributed by atoms with E-state index in [-0.39, 0.29) is 0 Å². The summed E-state index contributed by atoms with van der Waals surface area (Å²) in [5.41, 5.74) is 2.57. The van der Waals surface area contributed by atoms with Crippen LogP contribution in [0, 0.1) is 6.07 Å². The van der Waals surface area contributed by atoms with Crippen LogP contribution in [0.4, 0.5) is 0 Å². The summed E-state index contributed by atoms with van der Waals surface area (Å²) in [7, 11) is 0. The van der Waals surface area contributed by atoms with Crippen LogP contribution in [0.2, 0.25) is 0 Å². The van der Waals surface area contributed by atoms with E-state index in [1.165, 1.54) is 43.5 Å². The fraction of sp³-hybridized carbons (Fsp3) is 0.520. The van der Waals surface area contributed by atoms with Crippen LogP contribution in [0.25, 0.3) is 0 Å². The molecule has 1 atom stereocenters. The molecule has 0 aromatic heterocycles. The summed E-state index contributed by atoms with van der Waals surface area (Å²) in [4.78, 5) is 5.13. The highest BCUT2D eigenvalue weighted by Crippen LogP contribution is 2.29. The SMILES string of the molecule is [c]1cccc(OCCN2CCCCC2)c1CC(c1ccccc1)N1CCNCC1. The van der Waals surface area contributed by atoms with Gasteiger partial charge in [-0.25, -0.2) is 0 Å². The molecule has 2 aliphatic heterocycles. The van der Waals surface area contributed by atoms with E-state index in [1.807, 2.05) is 12.1 Å². The van der Waals surface area contributed by atoms with Crippen LogP contribution in [-0.4, -0.2) is 62.2 Å². The Labute approximate surface area is 175 Å². The lowest BCUT2D eigenvalue weighted by molar-refractivity contribution is 0.168. The lowest BCUT2D eigenvalue weighted by Gasteiger charge is -2.35. The van der Waals surface area contributed by atoms with E-state index in [1.54, 1.807) is 0 Å². The highest BCUT2D eigenvalue weighted by molar-refractivity contribution is 5.34. The van der Waals surface area contributed by atoms with Gasteiger partial charge in [-0.05, 0) is 50.0 Å². The highest BCUT2D eigenvalue weighted by Gasteiger charge is 2.23. The monoisotopic (exact) mass is 392 g/mol. The van der Waals surface area contributed by atoms with Gasteiger partial charge in [-0.3, -0.25) is 9.80 Å². The largest absolute Gasteiger partial charge is 0.492 e. The van der Waals surface area contributed by atoms with Crippen molar-refractivity contribution in [1.29, 1.82) is 0 Å². The summed E-state index contributed by atoms with van der Waals surface area (Å²) in [5, 5.41) is 3.48. The first-order valence-electron chi connectivity index (χ1n) is 11.2. The summed E-state index contributed by atoms with van der Waals surface area (Å²) < 4.78 is 6.26. The fourth-order valence-electron chi connectivity index (χ4n) is 4.54. The van der Waals surface area contributed by atoms with Crippen LogP contribution >= 0.6 is 0 Å². The van der Waals surface area contributed by atoms with E-state index in [4.69, 9.17) is 4.74 Å². The molecule has 29 heavy (non-hydrogen) atoms. The number of ether oxygens (including phenoxy) is 1. The highest BCUT2D eigenvalue weighted by atomic mass is 16.5. The third-order valence-corrected chi connectivity index (χ3v) is 6.19. The summed E-state index contributed by atoms with van der Waals surface area (Å²) in [6, 6.07) is 20.9. The zero-order valence-corrected chi connectivity index (χ0v) is 17.5. The summed E-state index contributed by atoms with van der Waals surface area (Å²) in [5.74, 6) is 1.00. The average Bonchev–Trinajstić information content (AvgIpc) is 2.80. The smallest absolute Gasteiger partial charge is 0.123 e. The Balaban J connectivity index is 1.44. The minimum Gasteiger partial charge on any atom is -0.492 e. The molecule has 2 aromatic rings. The molecule has 155 valence electrons. The maximum Gasteiger partial charge on any atom is 0.123 e. The third-order valence-electron chi connectivity index (χ3n) is 6.19. The maximum absolute atomic E-state index is 6.26. The normalized spacial score (nSPS) is 19.7. The molecule has 0 saturated carbocycles.